The second-order valence-corrected chi connectivity index (χ2v) is 4.38. The first kappa shape index (κ1) is 12.7. The molecular weight excluding hydrogens is 222 g/mol. The molecule has 0 saturated heterocycles. The molecule has 0 amide bonds. The lowest BCUT2D eigenvalue weighted by Gasteiger charge is -2.15. The van der Waals surface area contributed by atoms with Crippen LogP contribution in [0, 0.1) is 0 Å². The Balaban J connectivity index is 2.48. The normalized spacial score (nSPS) is 12.3. The van der Waals surface area contributed by atoms with Crippen LogP contribution < -0.4 is 10.5 Å². The van der Waals surface area contributed by atoms with Gasteiger partial charge in [0.15, 0.2) is 0 Å². The number of allylic oxidation sites excluding steroid dienone is 1. The van der Waals surface area contributed by atoms with Crippen LogP contribution in [0.3, 0.4) is 0 Å². The van der Waals surface area contributed by atoms with Crippen LogP contribution in [0.15, 0.2) is 49.1 Å². The van der Waals surface area contributed by atoms with Crippen LogP contribution in [0.1, 0.15) is 24.4 Å². The van der Waals surface area contributed by atoms with Crippen molar-refractivity contribution in [1.29, 1.82) is 0 Å². The molecular formula is C16H19NO. The Morgan fingerprint density at radius 3 is 2.61 bits per heavy atom. The predicted octanol–water partition coefficient (Wildman–Crippen LogP) is 3.81. The molecule has 2 heteroatoms. The van der Waals surface area contributed by atoms with Crippen molar-refractivity contribution in [3.05, 3.63) is 54.6 Å². The zero-order chi connectivity index (χ0) is 13.0. The van der Waals surface area contributed by atoms with Gasteiger partial charge in [-0.1, -0.05) is 36.4 Å². The standard InChI is InChI=1S/C16H19NO/c1-3-4-9-15(17)13-10-11-16(18-2)14-8-6-5-7-12(13)14/h3,5-8,10-11,15H,1,4,9,17H2,2H3/t15-/m1/s1. The Bertz CT molecular complexity index is 548. The summed E-state index contributed by atoms with van der Waals surface area (Å²) in [4.78, 5) is 0. The molecule has 0 aliphatic carbocycles. The summed E-state index contributed by atoms with van der Waals surface area (Å²) >= 11 is 0. The van der Waals surface area contributed by atoms with E-state index in [0.717, 1.165) is 24.0 Å². The molecule has 2 aromatic carbocycles. The van der Waals surface area contributed by atoms with Gasteiger partial charge in [0.1, 0.15) is 5.75 Å². The Labute approximate surface area is 108 Å². The van der Waals surface area contributed by atoms with Crippen molar-refractivity contribution in [3.63, 3.8) is 0 Å². The van der Waals surface area contributed by atoms with Crippen molar-refractivity contribution < 1.29 is 4.74 Å². The predicted molar refractivity (Wildman–Crippen MR) is 76.9 cm³/mol. The molecule has 0 bridgehead atoms. The van der Waals surface area contributed by atoms with Gasteiger partial charge in [0.2, 0.25) is 0 Å². The topological polar surface area (TPSA) is 35.2 Å². The van der Waals surface area contributed by atoms with E-state index < -0.39 is 0 Å². The highest BCUT2D eigenvalue weighted by molar-refractivity contribution is 5.91. The van der Waals surface area contributed by atoms with Crippen molar-refractivity contribution >= 4 is 10.8 Å². The summed E-state index contributed by atoms with van der Waals surface area (Å²) in [5.41, 5.74) is 7.42. The third-order valence-electron chi connectivity index (χ3n) is 3.22. The first-order valence-electron chi connectivity index (χ1n) is 6.20. The lowest BCUT2D eigenvalue weighted by Crippen LogP contribution is -2.10. The fourth-order valence-electron chi connectivity index (χ4n) is 2.25. The Hall–Kier alpha value is -1.80. The number of nitrogens with two attached hydrogens (primary N) is 1. The third kappa shape index (κ3) is 2.39. The molecule has 2 rings (SSSR count). The van der Waals surface area contributed by atoms with Crippen LogP contribution in [0.4, 0.5) is 0 Å². The minimum atomic E-state index is 0.0406. The van der Waals surface area contributed by atoms with Crippen molar-refractivity contribution in [2.75, 3.05) is 7.11 Å². The molecule has 0 spiro atoms. The molecule has 0 radical (unpaired) electrons. The molecule has 2 nitrogen and oxygen atoms in total. The number of methoxy groups -OCH3 is 1. The molecule has 2 N–H and O–H groups in total. The van der Waals surface area contributed by atoms with Gasteiger partial charge in [0.05, 0.1) is 7.11 Å². The van der Waals surface area contributed by atoms with E-state index in [9.17, 15) is 0 Å². The van der Waals surface area contributed by atoms with Crippen LogP contribution in [0.2, 0.25) is 0 Å². The summed E-state index contributed by atoms with van der Waals surface area (Å²) in [5.74, 6) is 0.894. The number of rotatable bonds is 5. The highest BCUT2D eigenvalue weighted by Crippen LogP contribution is 2.32. The minimum absolute atomic E-state index is 0.0406. The van der Waals surface area contributed by atoms with Crippen molar-refractivity contribution in [1.82, 2.24) is 0 Å². The van der Waals surface area contributed by atoms with E-state index >= 15 is 0 Å². The quantitative estimate of drug-likeness (QED) is 0.808. The van der Waals surface area contributed by atoms with E-state index in [2.05, 4.69) is 24.8 Å². The summed E-state index contributed by atoms with van der Waals surface area (Å²) in [6.07, 6.45) is 3.76. The van der Waals surface area contributed by atoms with E-state index in [1.807, 2.05) is 24.3 Å². The number of fused-ring (bicyclic) bond motifs is 1. The molecule has 0 unspecified atom stereocenters. The lowest BCUT2D eigenvalue weighted by molar-refractivity contribution is 0.419. The van der Waals surface area contributed by atoms with Gasteiger partial charge >= 0.3 is 0 Å². The third-order valence-corrected chi connectivity index (χ3v) is 3.22. The molecule has 0 heterocycles. The smallest absolute Gasteiger partial charge is 0.126 e. The van der Waals surface area contributed by atoms with E-state index in [0.29, 0.717) is 0 Å². The maximum absolute atomic E-state index is 6.25. The zero-order valence-corrected chi connectivity index (χ0v) is 10.7. The van der Waals surface area contributed by atoms with Crippen molar-refractivity contribution in [2.24, 2.45) is 5.73 Å². The first-order valence-corrected chi connectivity index (χ1v) is 6.20. The fourth-order valence-corrected chi connectivity index (χ4v) is 2.25. The molecule has 0 aliphatic rings. The Kier molecular flexibility index (Phi) is 4.00. The van der Waals surface area contributed by atoms with Gasteiger partial charge in [0.25, 0.3) is 0 Å². The monoisotopic (exact) mass is 241 g/mol. The highest BCUT2D eigenvalue weighted by Gasteiger charge is 2.11. The summed E-state index contributed by atoms with van der Waals surface area (Å²) < 4.78 is 5.39. The molecule has 0 aliphatic heterocycles. The molecule has 0 aromatic heterocycles. The van der Waals surface area contributed by atoms with Gasteiger partial charge in [-0.2, -0.15) is 0 Å². The lowest BCUT2D eigenvalue weighted by atomic mass is 9.96. The second kappa shape index (κ2) is 5.69. The van der Waals surface area contributed by atoms with Crippen molar-refractivity contribution in [2.45, 2.75) is 18.9 Å². The van der Waals surface area contributed by atoms with Crippen LogP contribution >= 0.6 is 0 Å². The molecule has 0 fully saturated rings. The maximum atomic E-state index is 6.25. The first-order chi connectivity index (χ1) is 8.77. The van der Waals surface area contributed by atoms with Crippen molar-refractivity contribution in [3.8, 4) is 5.75 Å². The number of hydrogen-bond acceptors (Lipinski definition) is 2. The Morgan fingerprint density at radius 1 is 1.22 bits per heavy atom. The number of benzene rings is 2. The molecule has 18 heavy (non-hydrogen) atoms. The van der Waals surface area contributed by atoms with Crippen LogP contribution in [-0.2, 0) is 0 Å². The van der Waals surface area contributed by atoms with Gasteiger partial charge in [0, 0.05) is 11.4 Å². The average molecular weight is 241 g/mol. The number of ether oxygens (including phenoxy) is 1. The average Bonchev–Trinajstić information content (AvgIpc) is 2.43. The van der Waals surface area contributed by atoms with E-state index in [1.54, 1.807) is 7.11 Å². The molecule has 94 valence electrons. The summed E-state index contributed by atoms with van der Waals surface area (Å²) in [6, 6.07) is 12.3. The van der Waals surface area contributed by atoms with Gasteiger partial charge < -0.3 is 10.5 Å². The molecule has 1 atom stereocenters. The fraction of sp³-hybridized carbons (Fsp3) is 0.250. The molecule has 0 saturated carbocycles. The van der Waals surface area contributed by atoms with E-state index in [4.69, 9.17) is 10.5 Å². The largest absolute Gasteiger partial charge is 0.496 e. The zero-order valence-electron chi connectivity index (χ0n) is 10.7. The second-order valence-electron chi connectivity index (χ2n) is 4.38. The van der Waals surface area contributed by atoms with Crippen LogP contribution in [0.25, 0.3) is 10.8 Å². The van der Waals surface area contributed by atoms with E-state index in [-0.39, 0.29) is 6.04 Å². The Morgan fingerprint density at radius 2 is 1.94 bits per heavy atom. The summed E-state index contributed by atoms with van der Waals surface area (Å²) in [6.45, 7) is 3.74. The van der Waals surface area contributed by atoms with E-state index in [1.165, 1.54) is 10.9 Å². The minimum Gasteiger partial charge on any atom is -0.496 e. The molecule has 2 aromatic rings. The van der Waals surface area contributed by atoms with Gasteiger partial charge in [-0.15, -0.1) is 6.58 Å². The van der Waals surface area contributed by atoms with Crippen LogP contribution in [-0.4, -0.2) is 7.11 Å². The van der Waals surface area contributed by atoms with Gasteiger partial charge in [-0.25, -0.2) is 0 Å². The SMILES string of the molecule is C=CCC[C@@H](N)c1ccc(OC)c2ccccc12. The number of hydrogen-bond donors (Lipinski definition) is 1. The summed E-state index contributed by atoms with van der Waals surface area (Å²) in [7, 11) is 1.69. The summed E-state index contributed by atoms with van der Waals surface area (Å²) in [5, 5.41) is 2.29. The maximum Gasteiger partial charge on any atom is 0.126 e. The van der Waals surface area contributed by atoms with Gasteiger partial charge in [-0.3, -0.25) is 0 Å². The van der Waals surface area contributed by atoms with Gasteiger partial charge in [-0.05, 0) is 29.9 Å². The highest BCUT2D eigenvalue weighted by atomic mass is 16.5. The van der Waals surface area contributed by atoms with Crippen LogP contribution in [0.5, 0.6) is 5.75 Å².